The maximum Gasteiger partial charge on any atom is 0.301 e. The van der Waals surface area contributed by atoms with Crippen molar-refractivity contribution in [3.05, 3.63) is 99.9 Å². The van der Waals surface area contributed by atoms with Crippen LogP contribution in [0.5, 0.6) is 5.75 Å². The highest BCUT2D eigenvalue weighted by Crippen LogP contribution is 2.30. The van der Waals surface area contributed by atoms with Gasteiger partial charge in [0.1, 0.15) is 12.4 Å². The van der Waals surface area contributed by atoms with E-state index in [0.29, 0.717) is 50.6 Å². The van der Waals surface area contributed by atoms with Crippen molar-refractivity contribution in [3.63, 3.8) is 0 Å². The normalized spacial score (nSPS) is 15.9. The Morgan fingerprint density at radius 2 is 1.75 bits per heavy atom. The van der Waals surface area contributed by atoms with Crippen LogP contribution in [-0.2, 0) is 22.7 Å². The first-order valence-electron chi connectivity index (χ1n) is 14.5. The number of hydrogen-bond acceptors (Lipinski definition) is 8. The molecule has 2 fully saturated rings. The average Bonchev–Trinajstić information content (AvgIpc) is 3.04. The van der Waals surface area contributed by atoms with Crippen molar-refractivity contribution in [2.75, 3.05) is 62.8 Å². The molecule has 0 atom stereocenters. The summed E-state index contributed by atoms with van der Waals surface area (Å²) in [6, 6.07) is 16.9. The minimum atomic E-state index is -0.634. The van der Waals surface area contributed by atoms with Gasteiger partial charge in [0.05, 0.1) is 31.1 Å². The lowest BCUT2D eigenvalue weighted by Crippen LogP contribution is -2.49. The molecule has 2 aromatic carbocycles. The highest BCUT2D eigenvalue weighted by molar-refractivity contribution is 6.00. The fraction of sp³-hybridized carbons (Fsp3) is 0.312. The Balaban J connectivity index is 1.47. The predicted octanol–water partition coefficient (Wildman–Crippen LogP) is 2.46. The zero-order valence-electron chi connectivity index (χ0n) is 24.4. The van der Waals surface area contributed by atoms with Crippen LogP contribution in [0.3, 0.4) is 0 Å². The summed E-state index contributed by atoms with van der Waals surface area (Å²) in [5.74, 6) is -1.37. The van der Waals surface area contributed by atoms with E-state index in [1.54, 1.807) is 23.2 Å². The van der Waals surface area contributed by atoms with Gasteiger partial charge in [-0.15, -0.1) is 0 Å². The predicted molar refractivity (Wildman–Crippen MR) is 163 cm³/mol. The van der Waals surface area contributed by atoms with Crippen molar-refractivity contribution in [3.8, 4) is 5.75 Å². The van der Waals surface area contributed by atoms with Gasteiger partial charge >= 0.3 is 5.56 Å². The molecule has 2 aliphatic rings. The van der Waals surface area contributed by atoms with Crippen LogP contribution in [0.25, 0.3) is 5.65 Å². The summed E-state index contributed by atoms with van der Waals surface area (Å²) in [6.45, 7) is 3.66. The van der Waals surface area contributed by atoms with E-state index in [4.69, 9.17) is 14.5 Å². The number of amides is 2. The smallest absolute Gasteiger partial charge is 0.301 e. The van der Waals surface area contributed by atoms with Crippen LogP contribution in [0.2, 0.25) is 0 Å². The lowest BCUT2D eigenvalue weighted by Gasteiger charge is -2.34. The van der Waals surface area contributed by atoms with Crippen LogP contribution in [0.1, 0.15) is 21.6 Å². The first-order chi connectivity index (χ1) is 21.4. The fourth-order valence-corrected chi connectivity index (χ4v) is 5.31. The lowest BCUT2D eigenvalue weighted by molar-refractivity contribution is -0.120. The summed E-state index contributed by atoms with van der Waals surface area (Å²) in [6.07, 6.45) is 1.68. The second-order valence-corrected chi connectivity index (χ2v) is 10.8. The molecule has 2 amide bonds. The quantitative estimate of drug-likeness (QED) is 0.329. The summed E-state index contributed by atoms with van der Waals surface area (Å²) >= 11 is 0. The molecule has 0 spiro atoms. The minimum absolute atomic E-state index is 0.0367. The van der Waals surface area contributed by atoms with E-state index in [0.717, 1.165) is 11.3 Å². The number of likely N-dealkylation sites (N-methyl/N-ethyl adjacent to an activating group) is 1. The highest BCUT2D eigenvalue weighted by Gasteiger charge is 2.29. The Morgan fingerprint density at radius 1 is 1.00 bits per heavy atom. The number of rotatable bonds is 8. The van der Waals surface area contributed by atoms with Crippen molar-refractivity contribution in [2.45, 2.75) is 13.2 Å². The fourth-order valence-electron chi connectivity index (χ4n) is 5.31. The number of nitrogens with zero attached hydrogens (tertiary/aromatic N) is 5. The van der Waals surface area contributed by atoms with E-state index in [1.807, 2.05) is 48.3 Å². The Kier molecular flexibility index (Phi) is 8.53. The lowest BCUT2D eigenvalue weighted by atomic mass is 10.2. The zero-order valence-corrected chi connectivity index (χ0v) is 24.4. The Hall–Kier alpha value is -4.81. The van der Waals surface area contributed by atoms with Gasteiger partial charge in [0.2, 0.25) is 11.7 Å². The van der Waals surface area contributed by atoms with Gasteiger partial charge in [0.25, 0.3) is 5.91 Å². The molecule has 4 aromatic rings. The number of pyridine rings is 1. The Labute approximate surface area is 253 Å². The number of aromatic nitrogens is 2. The number of ether oxygens (including phenoxy) is 2. The summed E-state index contributed by atoms with van der Waals surface area (Å²) in [4.78, 5) is 51.4. The maximum atomic E-state index is 14.2. The molecule has 0 radical (unpaired) electrons. The topological polar surface area (TPSA) is 109 Å². The van der Waals surface area contributed by atoms with Crippen molar-refractivity contribution in [1.82, 2.24) is 19.6 Å². The van der Waals surface area contributed by atoms with E-state index in [-0.39, 0.29) is 48.5 Å². The summed E-state index contributed by atoms with van der Waals surface area (Å²) in [5.41, 5.74) is 2.04. The van der Waals surface area contributed by atoms with Gasteiger partial charge < -0.3 is 24.6 Å². The number of benzene rings is 2. The van der Waals surface area contributed by atoms with Crippen LogP contribution in [0.4, 0.5) is 15.8 Å². The molecule has 1 N–H and O–H groups in total. The molecule has 6 rings (SSSR count). The Bertz CT molecular complexity index is 1720. The van der Waals surface area contributed by atoms with Crippen LogP contribution in [0.15, 0.2) is 71.7 Å². The first-order valence-corrected chi connectivity index (χ1v) is 14.5. The van der Waals surface area contributed by atoms with Gasteiger partial charge in [0, 0.05) is 38.9 Å². The summed E-state index contributed by atoms with van der Waals surface area (Å²) < 4.78 is 26.3. The first kappa shape index (κ1) is 29.3. The van der Waals surface area contributed by atoms with Crippen molar-refractivity contribution in [1.29, 1.82) is 0 Å². The number of carbonyl (C=O) groups is 2. The van der Waals surface area contributed by atoms with Crippen molar-refractivity contribution < 1.29 is 23.5 Å². The van der Waals surface area contributed by atoms with E-state index >= 15 is 0 Å². The van der Waals surface area contributed by atoms with Crippen LogP contribution in [-0.4, -0.2) is 79.1 Å². The molecular formula is C32H33FN6O5. The number of carbonyl (C=O) groups excluding carboxylic acids is 2. The molecule has 2 aliphatic heterocycles. The molecule has 0 bridgehead atoms. The third-order valence-corrected chi connectivity index (χ3v) is 7.74. The van der Waals surface area contributed by atoms with Gasteiger partial charge in [-0.25, -0.2) is 9.37 Å². The average molecular weight is 601 g/mol. The molecule has 0 aliphatic carbocycles. The standard InChI is InChI=1S/C32H33FN6O5/c1-36-11-12-38(27(40)20-36)26-17-25(37-13-15-43-16-14-37)19-39-30(26)35-28(31(41)34-18-22-7-9-24(33)10-8-22)29(32(39)42)44-21-23-5-3-2-4-6-23/h2-10,17,19H,11-16,18,20-21H2,1H3,(H,34,41). The molecule has 12 heteroatoms. The van der Waals surface area contributed by atoms with Crippen LogP contribution < -0.4 is 25.4 Å². The zero-order chi connectivity index (χ0) is 30.6. The SMILES string of the molecule is CN1CCN(c2cc(N3CCOCC3)cn3c(=O)c(OCc4ccccc4)c(C(=O)NCc4ccc(F)cc4)nc23)C(=O)C1. The third kappa shape index (κ3) is 6.26. The number of morpholine rings is 1. The van der Waals surface area contributed by atoms with Gasteiger partial charge in [-0.05, 0) is 36.4 Å². The second-order valence-electron chi connectivity index (χ2n) is 10.8. The molecule has 11 nitrogen and oxygen atoms in total. The summed E-state index contributed by atoms with van der Waals surface area (Å²) in [5, 5.41) is 2.78. The minimum Gasteiger partial charge on any atom is -0.481 e. The largest absolute Gasteiger partial charge is 0.481 e. The number of hydrogen-bond donors (Lipinski definition) is 1. The number of nitrogens with one attached hydrogen (secondary N) is 1. The van der Waals surface area contributed by atoms with E-state index in [1.165, 1.54) is 16.5 Å². The molecule has 0 unspecified atom stereocenters. The van der Waals surface area contributed by atoms with Gasteiger partial charge in [0.15, 0.2) is 11.3 Å². The summed E-state index contributed by atoms with van der Waals surface area (Å²) in [7, 11) is 1.88. The van der Waals surface area contributed by atoms with Crippen LogP contribution >= 0.6 is 0 Å². The van der Waals surface area contributed by atoms with Gasteiger partial charge in [-0.1, -0.05) is 42.5 Å². The van der Waals surface area contributed by atoms with Gasteiger partial charge in [-0.2, -0.15) is 0 Å². The van der Waals surface area contributed by atoms with E-state index in [2.05, 4.69) is 10.2 Å². The molecule has 2 saturated heterocycles. The number of piperazine rings is 1. The molecule has 228 valence electrons. The van der Waals surface area contributed by atoms with Gasteiger partial charge in [-0.3, -0.25) is 23.7 Å². The number of anilines is 2. The van der Waals surface area contributed by atoms with Crippen LogP contribution in [0, 0.1) is 5.82 Å². The molecular weight excluding hydrogens is 567 g/mol. The number of fused-ring (bicyclic) bond motifs is 1. The highest BCUT2D eigenvalue weighted by atomic mass is 19.1. The molecule has 44 heavy (non-hydrogen) atoms. The van der Waals surface area contributed by atoms with Crippen molar-refractivity contribution in [2.24, 2.45) is 0 Å². The van der Waals surface area contributed by atoms with E-state index < -0.39 is 11.5 Å². The van der Waals surface area contributed by atoms with Crippen molar-refractivity contribution >= 4 is 28.8 Å². The monoisotopic (exact) mass is 600 g/mol. The molecule has 0 saturated carbocycles. The third-order valence-electron chi connectivity index (χ3n) is 7.74. The molecule has 4 heterocycles. The number of halogens is 1. The Morgan fingerprint density at radius 3 is 2.48 bits per heavy atom. The van der Waals surface area contributed by atoms with E-state index in [9.17, 15) is 18.8 Å². The second kappa shape index (κ2) is 12.8. The molecule has 2 aromatic heterocycles. The maximum absolute atomic E-state index is 14.2.